The first-order valence-electron chi connectivity index (χ1n) is 5.34. The summed E-state index contributed by atoms with van der Waals surface area (Å²) in [6.45, 7) is 1.77. The van der Waals surface area contributed by atoms with Crippen LogP contribution >= 0.6 is 7.14 Å². The normalized spacial score (nSPS) is 14.5. The van der Waals surface area contributed by atoms with Gasteiger partial charge in [-0.05, 0) is 25.3 Å². The van der Waals surface area contributed by atoms with Crippen LogP contribution in [0.2, 0.25) is 0 Å². The molecular formula is C13H16NOP. The molecule has 0 bridgehead atoms. The second-order valence-electron chi connectivity index (χ2n) is 3.76. The van der Waals surface area contributed by atoms with Crippen LogP contribution in [-0.2, 0) is 4.57 Å². The molecule has 0 saturated heterocycles. The van der Waals surface area contributed by atoms with Crippen LogP contribution in [0.5, 0.6) is 0 Å². The Labute approximate surface area is 97.0 Å². The van der Waals surface area contributed by atoms with Crippen molar-refractivity contribution in [2.24, 2.45) is 0 Å². The van der Waals surface area contributed by atoms with Gasteiger partial charge in [0.15, 0.2) is 0 Å². The molecule has 0 N–H and O–H groups in total. The molecule has 0 fully saturated rings. The van der Waals surface area contributed by atoms with E-state index in [1.54, 1.807) is 12.5 Å². The first kappa shape index (κ1) is 12.7. The van der Waals surface area contributed by atoms with Crippen molar-refractivity contribution in [3.63, 3.8) is 0 Å². The van der Waals surface area contributed by atoms with Crippen LogP contribution < -0.4 is 5.30 Å². The Bertz CT molecular complexity index is 431. The summed E-state index contributed by atoms with van der Waals surface area (Å²) < 4.78 is 12.3. The van der Waals surface area contributed by atoms with Gasteiger partial charge >= 0.3 is 0 Å². The van der Waals surface area contributed by atoms with Crippen molar-refractivity contribution >= 4 is 12.4 Å². The highest BCUT2D eigenvalue weighted by molar-refractivity contribution is 7.73. The predicted octanol–water partition coefficient (Wildman–Crippen LogP) is 3.51. The molecule has 84 valence electrons. The summed E-state index contributed by atoms with van der Waals surface area (Å²) in [5.41, 5.74) is 0. The fourth-order valence-corrected chi connectivity index (χ4v) is 2.87. The summed E-state index contributed by atoms with van der Waals surface area (Å²) in [6, 6.07) is 11.6. The number of nitriles is 1. The molecule has 0 aliphatic rings. The summed E-state index contributed by atoms with van der Waals surface area (Å²) in [5.74, 6) is 1.79. The molecule has 0 heterocycles. The average molecular weight is 233 g/mol. The van der Waals surface area contributed by atoms with Crippen LogP contribution in [0, 0.1) is 11.3 Å². The molecule has 1 aromatic rings. The van der Waals surface area contributed by atoms with E-state index >= 15 is 0 Å². The van der Waals surface area contributed by atoms with Gasteiger partial charge in [0.05, 0.1) is 6.07 Å². The van der Waals surface area contributed by atoms with E-state index in [9.17, 15) is 4.57 Å². The van der Waals surface area contributed by atoms with Crippen molar-refractivity contribution < 1.29 is 4.57 Å². The van der Waals surface area contributed by atoms with Gasteiger partial charge in [0, 0.05) is 11.7 Å². The van der Waals surface area contributed by atoms with Gasteiger partial charge in [0.25, 0.3) is 0 Å². The second-order valence-corrected chi connectivity index (χ2v) is 6.56. The first-order valence-corrected chi connectivity index (χ1v) is 7.56. The third-order valence-electron chi connectivity index (χ3n) is 2.32. The zero-order chi connectivity index (χ0) is 11.9. The van der Waals surface area contributed by atoms with E-state index in [0.717, 1.165) is 18.1 Å². The molecule has 0 aliphatic heterocycles. The molecule has 0 amide bonds. The summed E-state index contributed by atoms with van der Waals surface area (Å²) in [6.07, 6.45) is 4.13. The van der Waals surface area contributed by atoms with Crippen molar-refractivity contribution in [3.8, 4) is 6.07 Å². The lowest BCUT2D eigenvalue weighted by molar-refractivity contribution is 0.590. The Hall–Kier alpha value is -1.32. The molecule has 0 saturated carbocycles. The monoisotopic (exact) mass is 233 g/mol. The zero-order valence-corrected chi connectivity index (χ0v) is 10.4. The average Bonchev–Trinajstić information content (AvgIpc) is 2.30. The number of hydrogen-bond acceptors (Lipinski definition) is 2. The Morgan fingerprint density at radius 1 is 1.38 bits per heavy atom. The van der Waals surface area contributed by atoms with Crippen LogP contribution in [0.1, 0.15) is 19.3 Å². The number of benzene rings is 1. The summed E-state index contributed by atoms with van der Waals surface area (Å²) >= 11 is 0. The molecule has 0 unspecified atom stereocenters. The minimum absolute atomic E-state index is 0.559. The molecule has 1 aromatic carbocycles. The van der Waals surface area contributed by atoms with Gasteiger partial charge in [-0.3, -0.25) is 0 Å². The molecule has 16 heavy (non-hydrogen) atoms. The van der Waals surface area contributed by atoms with Crippen LogP contribution in [-0.4, -0.2) is 6.66 Å². The van der Waals surface area contributed by atoms with Crippen LogP contribution in [0.25, 0.3) is 0 Å². The summed E-state index contributed by atoms with van der Waals surface area (Å²) in [7, 11) is -2.36. The van der Waals surface area contributed by atoms with Gasteiger partial charge in [0.2, 0.25) is 0 Å². The standard InChI is InChI=1S/C13H16NOP/c1-16(15,12-8-3-2-7-11-14)13-9-5-4-6-10-13/h4-6,8-10,12H,2-3,7H2,1H3/b12-8+/t16-/m0/s1. The van der Waals surface area contributed by atoms with E-state index in [1.807, 2.05) is 36.4 Å². The number of nitrogens with zero attached hydrogens (tertiary/aromatic N) is 1. The third-order valence-corrected chi connectivity index (χ3v) is 4.42. The smallest absolute Gasteiger partial charge is 0.133 e. The maximum atomic E-state index is 12.3. The Morgan fingerprint density at radius 3 is 2.69 bits per heavy atom. The minimum atomic E-state index is -2.36. The maximum absolute atomic E-state index is 12.3. The molecule has 3 heteroatoms. The maximum Gasteiger partial charge on any atom is 0.133 e. The lowest BCUT2D eigenvalue weighted by atomic mass is 10.2. The van der Waals surface area contributed by atoms with Crippen molar-refractivity contribution in [2.75, 3.05) is 6.66 Å². The van der Waals surface area contributed by atoms with E-state index in [2.05, 4.69) is 6.07 Å². The minimum Gasteiger partial charge on any atom is -0.315 e. The molecule has 0 aromatic heterocycles. The lowest BCUT2D eigenvalue weighted by Gasteiger charge is -2.07. The quantitative estimate of drug-likeness (QED) is 0.576. The SMILES string of the molecule is C[P@](=O)(/C=C/CCCC#N)c1ccccc1. The van der Waals surface area contributed by atoms with Gasteiger partial charge in [-0.2, -0.15) is 5.26 Å². The van der Waals surface area contributed by atoms with Crippen molar-refractivity contribution in [3.05, 3.63) is 42.2 Å². The van der Waals surface area contributed by atoms with Gasteiger partial charge in [0.1, 0.15) is 7.14 Å². The van der Waals surface area contributed by atoms with Gasteiger partial charge in [-0.1, -0.05) is 36.4 Å². The van der Waals surface area contributed by atoms with Gasteiger partial charge in [-0.25, -0.2) is 0 Å². The molecule has 1 rings (SSSR count). The van der Waals surface area contributed by atoms with Crippen LogP contribution in [0.3, 0.4) is 0 Å². The molecule has 0 aliphatic carbocycles. The van der Waals surface area contributed by atoms with Crippen molar-refractivity contribution in [1.82, 2.24) is 0 Å². The second kappa shape index (κ2) is 6.30. The third kappa shape index (κ3) is 4.04. The zero-order valence-electron chi connectivity index (χ0n) is 9.47. The first-order chi connectivity index (χ1) is 7.67. The predicted molar refractivity (Wildman–Crippen MR) is 68.2 cm³/mol. The van der Waals surface area contributed by atoms with Gasteiger partial charge < -0.3 is 4.57 Å². The van der Waals surface area contributed by atoms with Crippen LogP contribution in [0.15, 0.2) is 42.2 Å². The van der Waals surface area contributed by atoms with Crippen molar-refractivity contribution in [1.29, 1.82) is 5.26 Å². The van der Waals surface area contributed by atoms with Gasteiger partial charge in [-0.15, -0.1) is 0 Å². The molecule has 0 spiro atoms. The van der Waals surface area contributed by atoms with E-state index in [0.29, 0.717) is 6.42 Å². The molecule has 1 atom stereocenters. The summed E-state index contributed by atoms with van der Waals surface area (Å²) in [4.78, 5) is 0. The van der Waals surface area contributed by atoms with Crippen molar-refractivity contribution in [2.45, 2.75) is 19.3 Å². The highest BCUT2D eigenvalue weighted by atomic mass is 31.2. The number of hydrogen-bond donors (Lipinski definition) is 0. The fourth-order valence-electron chi connectivity index (χ4n) is 1.38. The summed E-state index contributed by atoms with van der Waals surface area (Å²) in [5, 5.41) is 9.26. The topological polar surface area (TPSA) is 40.9 Å². The van der Waals surface area contributed by atoms with E-state index in [-0.39, 0.29) is 0 Å². The molecule has 0 radical (unpaired) electrons. The number of unbranched alkanes of at least 4 members (excludes halogenated alkanes) is 2. The lowest BCUT2D eigenvalue weighted by Crippen LogP contribution is -1.99. The fraction of sp³-hybridized carbons (Fsp3) is 0.308. The molecule has 2 nitrogen and oxygen atoms in total. The van der Waals surface area contributed by atoms with E-state index < -0.39 is 7.14 Å². The Morgan fingerprint density at radius 2 is 2.06 bits per heavy atom. The Kier molecular flexibility index (Phi) is 5.02. The van der Waals surface area contributed by atoms with E-state index in [1.165, 1.54) is 0 Å². The number of rotatable bonds is 5. The number of allylic oxidation sites excluding steroid dienone is 1. The largest absolute Gasteiger partial charge is 0.315 e. The van der Waals surface area contributed by atoms with E-state index in [4.69, 9.17) is 5.26 Å². The van der Waals surface area contributed by atoms with Crippen LogP contribution in [0.4, 0.5) is 0 Å². The Balaban J connectivity index is 2.59. The highest BCUT2D eigenvalue weighted by Gasteiger charge is 2.12. The highest BCUT2D eigenvalue weighted by Crippen LogP contribution is 2.41. The molecular weight excluding hydrogens is 217 g/mol.